The van der Waals surface area contributed by atoms with E-state index >= 15 is 0 Å². The number of hydrogen-bond acceptors (Lipinski definition) is 6. The van der Waals surface area contributed by atoms with Crippen LogP contribution in [0.4, 0.5) is 0 Å². The van der Waals surface area contributed by atoms with Crippen LogP contribution in [0.3, 0.4) is 0 Å². The van der Waals surface area contributed by atoms with E-state index in [9.17, 15) is 4.79 Å². The Balaban J connectivity index is 1.67. The molecule has 1 aromatic rings. The van der Waals surface area contributed by atoms with Crippen molar-refractivity contribution >= 4 is 5.97 Å². The second-order valence-electron chi connectivity index (χ2n) is 4.95. The summed E-state index contributed by atoms with van der Waals surface area (Å²) in [6.45, 7) is 4.80. The average Bonchev–Trinajstić information content (AvgIpc) is 2.88. The van der Waals surface area contributed by atoms with Gasteiger partial charge in [-0.3, -0.25) is 9.69 Å². The van der Waals surface area contributed by atoms with E-state index in [1.807, 2.05) is 6.92 Å². The van der Waals surface area contributed by atoms with Gasteiger partial charge in [-0.2, -0.15) is 4.98 Å². The van der Waals surface area contributed by atoms with Gasteiger partial charge >= 0.3 is 5.97 Å². The van der Waals surface area contributed by atoms with Crippen molar-refractivity contribution in [2.75, 3.05) is 19.7 Å². The zero-order valence-corrected chi connectivity index (χ0v) is 11.7. The molecule has 20 heavy (non-hydrogen) atoms. The van der Waals surface area contributed by atoms with E-state index in [-0.39, 0.29) is 12.5 Å². The summed E-state index contributed by atoms with van der Waals surface area (Å²) < 4.78 is 10.6. The minimum atomic E-state index is -0.814. The molecular formula is C13H21N3O4. The number of nitrogens with zero attached hydrogens (tertiary/aromatic N) is 3. The second kappa shape index (κ2) is 7.35. The molecule has 0 atom stereocenters. The second-order valence-corrected chi connectivity index (χ2v) is 4.95. The molecule has 1 aliphatic rings. The summed E-state index contributed by atoms with van der Waals surface area (Å²) in [6.07, 6.45) is 2.83. The maximum absolute atomic E-state index is 10.4. The van der Waals surface area contributed by atoms with Gasteiger partial charge in [0.15, 0.2) is 5.82 Å². The van der Waals surface area contributed by atoms with Crippen molar-refractivity contribution in [3.8, 4) is 0 Å². The van der Waals surface area contributed by atoms with Crippen molar-refractivity contribution in [1.29, 1.82) is 0 Å². The van der Waals surface area contributed by atoms with Crippen LogP contribution in [0.15, 0.2) is 4.52 Å². The highest BCUT2D eigenvalue weighted by Crippen LogP contribution is 2.15. The number of rotatable bonds is 7. The van der Waals surface area contributed by atoms with Crippen LogP contribution >= 0.6 is 0 Å². The molecule has 1 saturated heterocycles. The summed E-state index contributed by atoms with van der Waals surface area (Å²) in [6, 6.07) is 0. The molecule has 0 spiro atoms. The molecule has 1 N–H and O–H groups in total. The predicted octanol–water partition coefficient (Wildman–Crippen LogP) is 1.09. The Morgan fingerprint density at radius 1 is 1.50 bits per heavy atom. The Morgan fingerprint density at radius 2 is 2.25 bits per heavy atom. The molecule has 1 aliphatic heterocycles. The number of carbonyl (C=O) groups is 1. The lowest BCUT2D eigenvalue weighted by Gasteiger charge is -2.30. The highest BCUT2D eigenvalue weighted by atomic mass is 16.5. The Hall–Kier alpha value is -1.47. The normalized spacial score (nSPS) is 17.4. The Bertz CT molecular complexity index is 427. The standard InChI is InChI=1S/C13H21N3O4/c1-2-12-14-11(15-20-12)9-16-6-3-10(4-7-16)19-8-5-13(17)18/h10H,2-9H2,1H3,(H,17,18). The first-order valence-corrected chi connectivity index (χ1v) is 7.04. The summed E-state index contributed by atoms with van der Waals surface area (Å²) in [5.74, 6) is 0.588. The topological polar surface area (TPSA) is 88.7 Å². The number of aliphatic carboxylic acids is 1. The quantitative estimate of drug-likeness (QED) is 0.801. The molecule has 1 fully saturated rings. The lowest BCUT2D eigenvalue weighted by molar-refractivity contribution is -0.138. The first-order valence-electron chi connectivity index (χ1n) is 7.04. The molecular weight excluding hydrogens is 262 g/mol. The van der Waals surface area contributed by atoms with Gasteiger partial charge in [0.1, 0.15) is 0 Å². The Morgan fingerprint density at radius 3 is 2.85 bits per heavy atom. The van der Waals surface area contributed by atoms with Crippen molar-refractivity contribution in [2.24, 2.45) is 0 Å². The molecule has 2 heterocycles. The summed E-state index contributed by atoms with van der Waals surface area (Å²) in [7, 11) is 0. The first kappa shape index (κ1) is 14.9. The highest BCUT2D eigenvalue weighted by molar-refractivity contribution is 5.66. The van der Waals surface area contributed by atoms with Gasteiger partial charge < -0.3 is 14.4 Å². The summed E-state index contributed by atoms with van der Waals surface area (Å²) in [5.41, 5.74) is 0. The van der Waals surface area contributed by atoms with E-state index in [2.05, 4.69) is 15.0 Å². The van der Waals surface area contributed by atoms with E-state index in [4.69, 9.17) is 14.4 Å². The van der Waals surface area contributed by atoms with Crippen LogP contribution in [-0.4, -0.2) is 51.9 Å². The summed E-state index contributed by atoms with van der Waals surface area (Å²) in [4.78, 5) is 17.0. The zero-order chi connectivity index (χ0) is 14.4. The first-order chi connectivity index (χ1) is 9.67. The smallest absolute Gasteiger partial charge is 0.305 e. The zero-order valence-electron chi connectivity index (χ0n) is 11.7. The molecule has 0 aliphatic carbocycles. The third-order valence-electron chi connectivity index (χ3n) is 3.38. The number of ether oxygens (including phenoxy) is 1. The number of carboxylic acid groups (broad SMARTS) is 1. The van der Waals surface area contributed by atoms with E-state index < -0.39 is 5.97 Å². The third kappa shape index (κ3) is 4.57. The number of hydrogen-bond donors (Lipinski definition) is 1. The number of aryl methyl sites for hydroxylation is 1. The lowest BCUT2D eigenvalue weighted by atomic mass is 10.1. The number of carboxylic acids is 1. The third-order valence-corrected chi connectivity index (χ3v) is 3.38. The minimum Gasteiger partial charge on any atom is -0.481 e. The molecule has 0 saturated carbocycles. The summed E-state index contributed by atoms with van der Waals surface area (Å²) >= 11 is 0. The van der Waals surface area contributed by atoms with Gasteiger partial charge in [-0.25, -0.2) is 0 Å². The van der Waals surface area contributed by atoms with Crippen molar-refractivity contribution in [2.45, 2.75) is 45.3 Å². The molecule has 0 radical (unpaired) electrons. The van der Waals surface area contributed by atoms with Crippen molar-refractivity contribution in [1.82, 2.24) is 15.0 Å². The number of aromatic nitrogens is 2. The maximum atomic E-state index is 10.4. The van der Waals surface area contributed by atoms with Gasteiger partial charge in [-0.15, -0.1) is 0 Å². The summed E-state index contributed by atoms with van der Waals surface area (Å²) in [5, 5.41) is 12.5. The molecule has 2 rings (SSSR count). The van der Waals surface area contributed by atoms with Gasteiger partial charge in [0.05, 0.1) is 25.7 Å². The van der Waals surface area contributed by atoms with Gasteiger partial charge in [0.25, 0.3) is 0 Å². The van der Waals surface area contributed by atoms with Gasteiger partial charge in [-0.05, 0) is 12.8 Å². The van der Waals surface area contributed by atoms with Crippen molar-refractivity contribution in [3.05, 3.63) is 11.7 Å². The van der Waals surface area contributed by atoms with Crippen LogP contribution in [0.1, 0.15) is 37.9 Å². The van der Waals surface area contributed by atoms with Crippen LogP contribution in [0.2, 0.25) is 0 Å². The van der Waals surface area contributed by atoms with E-state index in [0.29, 0.717) is 19.0 Å². The molecule has 0 bridgehead atoms. The average molecular weight is 283 g/mol. The molecule has 112 valence electrons. The number of likely N-dealkylation sites (tertiary alicyclic amines) is 1. The molecule has 0 amide bonds. The molecule has 7 heteroatoms. The fourth-order valence-corrected chi connectivity index (χ4v) is 2.24. The van der Waals surface area contributed by atoms with Gasteiger partial charge in [0, 0.05) is 19.5 Å². The van der Waals surface area contributed by atoms with Crippen LogP contribution in [-0.2, 0) is 22.5 Å². The largest absolute Gasteiger partial charge is 0.481 e. The fourth-order valence-electron chi connectivity index (χ4n) is 2.24. The van der Waals surface area contributed by atoms with Crippen LogP contribution in [0.5, 0.6) is 0 Å². The van der Waals surface area contributed by atoms with Crippen molar-refractivity contribution < 1.29 is 19.2 Å². The lowest BCUT2D eigenvalue weighted by Crippen LogP contribution is -2.37. The van der Waals surface area contributed by atoms with Crippen molar-refractivity contribution in [3.63, 3.8) is 0 Å². The van der Waals surface area contributed by atoms with Gasteiger partial charge in [-0.1, -0.05) is 12.1 Å². The molecule has 0 unspecified atom stereocenters. The van der Waals surface area contributed by atoms with E-state index in [1.54, 1.807) is 0 Å². The molecule has 0 aromatic carbocycles. The highest BCUT2D eigenvalue weighted by Gasteiger charge is 2.21. The SMILES string of the molecule is CCc1nc(CN2CCC(OCCC(=O)O)CC2)no1. The predicted molar refractivity (Wildman–Crippen MR) is 70.2 cm³/mol. The minimum absolute atomic E-state index is 0.0723. The maximum Gasteiger partial charge on any atom is 0.305 e. The van der Waals surface area contributed by atoms with Crippen LogP contribution in [0, 0.1) is 0 Å². The van der Waals surface area contributed by atoms with Crippen LogP contribution < -0.4 is 0 Å². The Labute approximate surface area is 117 Å². The van der Waals surface area contributed by atoms with E-state index in [1.165, 1.54) is 0 Å². The fraction of sp³-hybridized carbons (Fsp3) is 0.769. The van der Waals surface area contributed by atoms with Crippen LogP contribution in [0.25, 0.3) is 0 Å². The Kier molecular flexibility index (Phi) is 5.49. The van der Waals surface area contributed by atoms with E-state index in [0.717, 1.165) is 38.2 Å². The monoisotopic (exact) mass is 283 g/mol. The van der Waals surface area contributed by atoms with Gasteiger partial charge in [0.2, 0.25) is 5.89 Å². The molecule has 1 aromatic heterocycles. The number of piperidine rings is 1. The molecule has 7 nitrogen and oxygen atoms in total.